The topological polar surface area (TPSA) is 63.1 Å². The van der Waals surface area contributed by atoms with Gasteiger partial charge in [-0.2, -0.15) is 0 Å². The minimum atomic E-state index is -0.266. The van der Waals surface area contributed by atoms with Crippen molar-refractivity contribution in [3.63, 3.8) is 0 Å². The van der Waals surface area contributed by atoms with Crippen LogP contribution in [0.1, 0.15) is 20.8 Å². The van der Waals surface area contributed by atoms with Gasteiger partial charge in [0.2, 0.25) is 0 Å². The summed E-state index contributed by atoms with van der Waals surface area (Å²) in [4.78, 5) is 24.4. The molecule has 0 aliphatic carbocycles. The maximum atomic E-state index is 12.4. The zero-order valence-corrected chi connectivity index (χ0v) is 14.5. The summed E-state index contributed by atoms with van der Waals surface area (Å²) < 4.78 is 1.77. The first kappa shape index (κ1) is 17.0. The zero-order valence-electron chi connectivity index (χ0n) is 13.8. The van der Waals surface area contributed by atoms with Crippen molar-refractivity contribution in [1.29, 1.82) is 0 Å². The van der Waals surface area contributed by atoms with E-state index in [0.29, 0.717) is 29.4 Å². The van der Waals surface area contributed by atoms with Crippen LogP contribution in [0.2, 0.25) is 5.02 Å². The Bertz CT molecular complexity index is 880. The quantitative estimate of drug-likeness (QED) is 0.691. The van der Waals surface area contributed by atoms with E-state index in [2.05, 4.69) is 10.6 Å². The molecule has 0 aliphatic rings. The molecular formula is C19H18ClN3O2. The zero-order chi connectivity index (χ0) is 17.8. The van der Waals surface area contributed by atoms with Gasteiger partial charge in [-0.15, -0.1) is 0 Å². The van der Waals surface area contributed by atoms with E-state index < -0.39 is 0 Å². The van der Waals surface area contributed by atoms with Crippen molar-refractivity contribution in [2.24, 2.45) is 7.05 Å². The lowest BCUT2D eigenvalue weighted by atomic mass is 10.2. The van der Waals surface area contributed by atoms with Crippen molar-refractivity contribution in [3.05, 3.63) is 70.9 Å². The summed E-state index contributed by atoms with van der Waals surface area (Å²) in [5.41, 5.74) is 1.90. The van der Waals surface area contributed by atoms with Crippen LogP contribution >= 0.6 is 11.6 Å². The van der Waals surface area contributed by atoms with E-state index in [1.54, 1.807) is 35.9 Å². The summed E-state index contributed by atoms with van der Waals surface area (Å²) in [5, 5.41) is 6.83. The number of para-hydroxylation sites is 1. The van der Waals surface area contributed by atoms with Gasteiger partial charge in [0.1, 0.15) is 5.69 Å². The lowest BCUT2D eigenvalue weighted by Crippen LogP contribution is -2.35. The molecule has 3 rings (SSSR count). The molecule has 128 valence electrons. The second kappa shape index (κ2) is 7.40. The van der Waals surface area contributed by atoms with Crippen LogP contribution in [-0.2, 0) is 7.05 Å². The largest absolute Gasteiger partial charge is 0.350 e. The van der Waals surface area contributed by atoms with Crippen molar-refractivity contribution in [3.8, 4) is 0 Å². The Morgan fingerprint density at radius 2 is 1.52 bits per heavy atom. The van der Waals surface area contributed by atoms with Gasteiger partial charge in [-0.3, -0.25) is 9.59 Å². The minimum Gasteiger partial charge on any atom is -0.350 e. The van der Waals surface area contributed by atoms with Crippen molar-refractivity contribution in [2.75, 3.05) is 13.1 Å². The summed E-state index contributed by atoms with van der Waals surface area (Å²) in [6.45, 7) is 0.649. The molecule has 5 nitrogen and oxygen atoms in total. The SMILES string of the molecule is Cn1c(C(=O)NCCNC(=O)c2ccccc2)c(Cl)c2ccccc21. The number of hydrogen-bond donors (Lipinski definition) is 2. The molecule has 0 radical (unpaired) electrons. The maximum Gasteiger partial charge on any atom is 0.269 e. The molecule has 0 saturated carbocycles. The molecule has 0 saturated heterocycles. The van der Waals surface area contributed by atoms with Crippen LogP contribution in [0.5, 0.6) is 0 Å². The van der Waals surface area contributed by atoms with E-state index >= 15 is 0 Å². The molecule has 3 aromatic rings. The first-order valence-corrected chi connectivity index (χ1v) is 8.31. The predicted octanol–water partition coefficient (Wildman–Crippen LogP) is 2.99. The van der Waals surface area contributed by atoms with Gasteiger partial charge >= 0.3 is 0 Å². The van der Waals surface area contributed by atoms with Crippen molar-refractivity contribution in [2.45, 2.75) is 0 Å². The van der Waals surface area contributed by atoms with Crippen LogP contribution in [0, 0.1) is 0 Å². The smallest absolute Gasteiger partial charge is 0.269 e. The van der Waals surface area contributed by atoms with Gasteiger partial charge in [0.25, 0.3) is 11.8 Å². The monoisotopic (exact) mass is 355 g/mol. The Morgan fingerprint density at radius 1 is 0.920 bits per heavy atom. The third kappa shape index (κ3) is 3.51. The fourth-order valence-electron chi connectivity index (χ4n) is 2.73. The fraction of sp³-hybridized carbons (Fsp3) is 0.158. The summed E-state index contributed by atoms with van der Waals surface area (Å²) in [7, 11) is 1.81. The third-order valence-electron chi connectivity index (χ3n) is 3.99. The number of carbonyl (C=O) groups is 2. The molecule has 0 aliphatic heterocycles. The van der Waals surface area contributed by atoms with Crippen LogP contribution in [-0.4, -0.2) is 29.5 Å². The molecule has 0 spiro atoms. The van der Waals surface area contributed by atoms with Crippen LogP contribution in [0.15, 0.2) is 54.6 Å². The first-order valence-electron chi connectivity index (χ1n) is 7.94. The van der Waals surface area contributed by atoms with Crippen LogP contribution in [0.4, 0.5) is 0 Å². The maximum absolute atomic E-state index is 12.4. The van der Waals surface area contributed by atoms with Crippen molar-refractivity contribution >= 4 is 34.3 Å². The van der Waals surface area contributed by atoms with Gasteiger partial charge in [-0.05, 0) is 18.2 Å². The number of benzene rings is 2. The van der Waals surface area contributed by atoms with E-state index in [1.165, 1.54) is 0 Å². The Hall–Kier alpha value is -2.79. The van der Waals surface area contributed by atoms with Gasteiger partial charge in [-0.1, -0.05) is 48.0 Å². The van der Waals surface area contributed by atoms with Crippen molar-refractivity contribution in [1.82, 2.24) is 15.2 Å². The second-order valence-electron chi connectivity index (χ2n) is 5.62. The average molecular weight is 356 g/mol. The number of aryl methyl sites for hydroxylation is 1. The van der Waals surface area contributed by atoms with Gasteiger partial charge in [-0.25, -0.2) is 0 Å². The Balaban J connectivity index is 1.59. The molecule has 2 amide bonds. The highest BCUT2D eigenvalue weighted by atomic mass is 35.5. The molecule has 0 bridgehead atoms. The number of rotatable bonds is 5. The lowest BCUT2D eigenvalue weighted by Gasteiger charge is -2.08. The number of halogens is 1. The number of fused-ring (bicyclic) bond motifs is 1. The number of aromatic nitrogens is 1. The summed E-state index contributed by atoms with van der Waals surface area (Å²) >= 11 is 6.35. The molecule has 1 heterocycles. The number of carbonyl (C=O) groups excluding carboxylic acids is 2. The summed E-state index contributed by atoms with van der Waals surface area (Å²) in [5.74, 6) is -0.435. The Morgan fingerprint density at radius 3 is 2.20 bits per heavy atom. The second-order valence-corrected chi connectivity index (χ2v) is 5.99. The Labute approximate surface area is 150 Å². The number of hydrogen-bond acceptors (Lipinski definition) is 2. The molecule has 0 fully saturated rings. The molecule has 25 heavy (non-hydrogen) atoms. The van der Waals surface area contributed by atoms with E-state index in [4.69, 9.17) is 11.6 Å². The molecule has 0 atom stereocenters. The molecule has 2 N–H and O–H groups in total. The summed E-state index contributed by atoms with van der Waals surface area (Å²) in [6.07, 6.45) is 0. The Kier molecular flexibility index (Phi) is 5.05. The molecule has 1 aromatic heterocycles. The predicted molar refractivity (Wildman–Crippen MR) is 99.0 cm³/mol. The number of nitrogens with one attached hydrogen (secondary N) is 2. The van der Waals surface area contributed by atoms with Crippen molar-refractivity contribution < 1.29 is 9.59 Å². The highest BCUT2D eigenvalue weighted by Gasteiger charge is 2.19. The van der Waals surface area contributed by atoms with E-state index in [0.717, 1.165) is 10.9 Å². The fourth-order valence-corrected chi connectivity index (χ4v) is 3.10. The molecule has 2 aromatic carbocycles. The van der Waals surface area contributed by atoms with E-state index in [1.807, 2.05) is 30.3 Å². The number of amides is 2. The molecule has 6 heteroatoms. The molecular weight excluding hydrogens is 338 g/mol. The van der Waals surface area contributed by atoms with Crippen LogP contribution in [0.25, 0.3) is 10.9 Å². The van der Waals surface area contributed by atoms with Crippen LogP contribution in [0.3, 0.4) is 0 Å². The standard InChI is InChI=1S/C19H18ClN3O2/c1-23-15-10-6-5-9-14(15)16(20)17(23)19(25)22-12-11-21-18(24)13-7-3-2-4-8-13/h2-10H,11-12H2,1H3,(H,21,24)(H,22,25). The minimum absolute atomic E-state index is 0.169. The van der Waals surface area contributed by atoms with Gasteiger partial charge in [0.05, 0.1) is 5.02 Å². The van der Waals surface area contributed by atoms with Gasteiger partial charge < -0.3 is 15.2 Å². The molecule has 0 unspecified atom stereocenters. The van der Waals surface area contributed by atoms with E-state index in [-0.39, 0.29) is 11.8 Å². The average Bonchev–Trinajstić information content (AvgIpc) is 2.90. The highest BCUT2D eigenvalue weighted by Crippen LogP contribution is 2.29. The highest BCUT2D eigenvalue weighted by molar-refractivity contribution is 6.38. The van der Waals surface area contributed by atoms with E-state index in [9.17, 15) is 9.59 Å². The normalized spacial score (nSPS) is 10.6. The van der Waals surface area contributed by atoms with Gasteiger partial charge in [0, 0.05) is 36.6 Å². The number of nitrogens with zero attached hydrogens (tertiary/aromatic N) is 1. The van der Waals surface area contributed by atoms with Gasteiger partial charge in [0.15, 0.2) is 0 Å². The third-order valence-corrected chi connectivity index (χ3v) is 4.37. The first-order chi connectivity index (χ1) is 12.1. The lowest BCUT2D eigenvalue weighted by molar-refractivity contribution is 0.0923. The van der Waals surface area contributed by atoms with Crippen LogP contribution < -0.4 is 10.6 Å². The summed E-state index contributed by atoms with van der Waals surface area (Å²) in [6, 6.07) is 16.5.